The summed E-state index contributed by atoms with van der Waals surface area (Å²) in [5.41, 5.74) is 6.68. The number of hydrogen-bond acceptors (Lipinski definition) is 2. The van der Waals surface area contributed by atoms with Crippen LogP contribution in [-0.2, 0) is 0 Å². The quantitative estimate of drug-likeness (QED) is 0.698. The minimum atomic E-state index is -1.49. The highest BCUT2D eigenvalue weighted by atomic mass is 32.1. The molecular weight excluding hydrogens is 283 g/mol. The fraction of sp³-hybridized carbons (Fsp3) is 0.0667. The summed E-state index contributed by atoms with van der Waals surface area (Å²) in [5, 5.41) is 2.71. The zero-order valence-corrected chi connectivity index (χ0v) is 11.1. The molecule has 2 aromatic carbocycles. The van der Waals surface area contributed by atoms with E-state index in [-0.39, 0.29) is 5.56 Å². The standard InChI is InChI=1S/C15H10F3NS/c16-11-6-5-9(13(17)14(11)18)15(19)10-7-20-12-4-2-1-3-8(10)12/h1-7,15H,19H2. The van der Waals surface area contributed by atoms with Gasteiger partial charge in [-0.2, -0.15) is 0 Å². The lowest BCUT2D eigenvalue weighted by molar-refractivity contribution is 0.438. The molecule has 0 aliphatic carbocycles. The van der Waals surface area contributed by atoms with E-state index in [4.69, 9.17) is 5.73 Å². The van der Waals surface area contributed by atoms with E-state index in [1.165, 1.54) is 17.4 Å². The van der Waals surface area contributed by atoms with E-state index in [0.29, 0.717) is 5.56 Å². The van der Waals surface area contributed by atoms with E-state index in [0.717, 1.165) is 16.2 Å². The average Bonchev–Trinajstić information content (AvgIpc) is 2.88. The van der Waals surface area contributed by atoms with E-state index in [2.05, 4.69) is 0 Å². The molecule has 3 aromatic rings. The summed E-state index contributed by atoms with van der Waals surface area (Å²) in [7, 11) is 0. The van der Waals surface area contributed by atoms with Crippen LogP contribution in [0.15, 0.2) is 41.8 Å². The molecule has 1 atom stereocenters. The number of nitrogens with two attached hydrogens (primary N) is 1. The molecule has 0 saturated heterocycles. The Labute approximate surface area is 117 Å². The maximum atomic E-state index is 13.8. The summed E-state index contributed by atoms with van der Waals surface area (Å²) in [6.45, 7) is 0. The van der Waals surface area contributed by atoms with Gasteiger partial charge in [0.15, 0.2) is 17.5 Å². The number of fused-ring (bicyclic) bond motifs is 1. The Morgan fingerprint density at radius 1 is 0.900 bits per heavy atom. The molecule has 1 aromatic heterocycles. The molecule has 3 rings (SSSR count). The molecule has 0 fully saturated rings. The summed E-state index contributed by atoms with van der Waals surface area (Å²) >= 11 is 1.48. The second kappa shape index (κ2) is 4.92. The minimum Gasteiger partial charge on any atom is -0.320 e. The van der Waals surface area contributed by atoms with Crippen LogP contribution in [0.25, 0.3) is 10.1 Å². The minimum absolute atomic E-state index is 0.0487. The highest BCUT2D eigenvalue weighted by molar-refractivity contribution is 7.17. The lowest BCUT2D eigenvalue weighted by Crippen LogP contribution is -2.14. The van der Waals surface area contributed by atoms with Gasteiger partial charge in [0.2, 0.25) is 0 Å². The number of benzene rings is 2. The second-order valence-corrected chi connectivity index (χ2v) is 5.34. The average molecular weight is 293 g/mol. The third kappa shape index (κ3) is 1.99. The first kappa shape index (κ1) is 13.1. The summed E-state index contributed by atoms with van der Waals surface area (Å²) in [5.74, 6) is -3.93. The fourth-order valence-corrected chi connectivity index (χ4v) is 3.19. The highest BCUT2D eigenvalue weighted by Gasteiger charge is 2.21. The molecule has 0 amide bonds. The third-order valence-corrected chi connectivity index (χ3v) is 4.23. The van der Waals surface area contributed by atoms with Crippen LogP contribution in [0, 0.1) is 17.5 Å². The summed E-state index contributed by atoms with van der Waals surface area (Å²) < 4.78 is 41.1. The Hall–Kier alpha value is -1.85. The summed E-state index contributed by atoms with van der Waals surface area (Å²) in [6.07, 6.45) is 0. The maximum absolute atomic E-state index is 13.8. The van der Waals surface area contributed by atoms with Gasteiger partial charge in [0.05, 0.1) is 6.04 Å². The molecule has 1 nitrogen and oxygen atoms in total. The second-order valence-electron chi connectivity index (χ2n) is 4.43. The molecule has 0 bridgehead atoms. The van der Waals surface area contributed by atoms with Crippen molar-refractivity contribution in [2.24, 2.45) is 5.73 Å². The Balaban J connectivity index is 2.13. The van der Waals surface area contributed by atoms with Crippen LogP contribution in [0.2, 0.25) is 0 Å². The van der Waals surface area contributed by atoms with Gasteiger partial charge in [-0.1, -0.05) is 24.3 Å². The summed E-state index contributed by atoms with van der Waals surface area (Å²) in [6, 6.07) is 8.80. The Morgan fingerprint density at radius 3 is 2.45 bits per heavy atom. The molecule has 0 aliphatic heterocycles. The van der Waals surface area contributed by atoms with E-state index < -0.39 is 23.5 Å². The Kier molecular flexibility index (Phi) is 3.23. The molecule has 0 saturated carbocycles. The third-order valence-electron chi connectivity index (χ3n) is 3.25. The van der Waals surface area contributed by atoms with Gasteiger partial charge in [0, 0.05) is 10.3 Å². The normalized spacial score (nSPS) is 12.8. The van der Waals surface area contributed by atoms with E-state index in [9.17, 15) is 13.2 Å². The zero-order valence-electron chi connectivity index (χ0n) is 10.2. The summed E-state index contributed by atoms with van der Waals surface area (Å²) in [4.78, 5) is 0. The van der Waals surface area contributed by atoms with Crippen molar-refractivity contribution < 1.29 is 13.2 Å². The predicted molar refractivity (Wildman–Crippen MR) is 74.2 cm³/mol. The van der Waals surface area contributed by atoms with Crippen molar-refractivity contribution >= 4 is 21.4 Å². The molecule has 0 spiro atoms. The largest absolute Gasteiger partial charge is 0.320 e. The Morgan fingerprint density at radius 2 is 1.65 bits per heavy atom. The van der Waals surface area contributed by atoms with Gasteiger partial charge in [-0.25, -0.2) is 13.2 Å². The van der Waals surface area contributed by atoms with Crippen LogP contribution in [0.3, 0.4) is 0 Å². The van der Waals surface area contributed by atoms with E-state index in [1.54, 1.807) is 0 Å². The van der Waals surface area contributed by atoms with Crippen molar-refractivity contribution in [3.63, 3.8) is 0 Å². The molecule has 0 radical (unpaired) electrons. The van der Waals surface area contributed by atoms with Crippen molar-refractivity contribution in [2.45, 2.75) is 6.04 Å². The molecule has 102 valence electrons. The van der Waals surface area contributed by atoms with Gasteiger partial charge in [-0.15, -0.1) is 11.3 Å². The van der Waals surface area contributed by atoms with Crippen molar-refractivity contribution in [2.75, 3.05) is 0 Å². The molecule has 1 heterocycles. The van der Waals surface area contributed by atoms with Crippen molar-refractivity contribution in [1.29, 1.82) is 0 Å². The van der Waals surface area contributed by atoms with Gasteiger partial charge in [-0.3, -0.25) is 0 Å². The first-order valence-corrected chi connectivity index (χ1v) is 6.82. The van der Waals surface area contributed by atoms with Crippen molar-refractivity contribution in [1.82, 2.24) is 0 Å². The maximum Gasteiger partial charge on any atom is 0.194 e. The molecule has 20 heavy (non-hydrogen) atoms. The predicted octanol–water partition coefficient (Wildman–Crippen LogP) is 4.37. The molecule has 0 aliphatic rings. The van der Waals surface area contributed by atoms with Gasteiger partial charge in [0.1, 0.15) is 0 Å². The van der Waals surface area contributed by atoms with Gasteiger partial charge >= 0.3 is 0 Å². The lowest BCUT2D eigenvalue weighted by Gasteiger charge is -2.13. The van der Waals surface area contributed by atoms with Crippen molar-refractivity contribution in [3.8, 4) is 0 Å². The zero-order chi connectivity index (χ0) is 14.3. The van der Waals surface area contributed by atoms with Crippen LogP contribution >= 0.6 is 11.3 Å². The first-order valence-electron chi connectivity index (χ1n) is 5.94. The van der Waals surface area contributed by atoms with Gasteiger partial charge in [0.25, 0.3) is 0 Å². The Bertz CT molecular complexity index is 782. The highest BCUT2D eigenvalue weighted by Crippen LogP contribution is 2.33. The van der Waals surface area contributed by atoms with Crippen LogP contribution in [0.4, 0.5) is 13.2 Å². The number of halogens is 3. The van der Waals surface area contributed by atoms with E-state index >= 15 is 0 Å². The SMILES string of the molecule is NC(c1ccc(F)c(F)c1F)c1csc2ccccc12. The first-order chi connectivity index (χ1) is 9.59. The number of rotatable bonds is 2. The number of hydrogen-bond donors (Lipinski definition) is 1. The molecular formula is C15H10F3NS. The molecule has 2 N–H and O–H groups in total. The fourth-order valence-electron chi connectivity index (χ4n) is 2.19. The van der Waals surface area contributed by atoms with E-state index in [1.807, 2.05) is 29.6 Å². The van der Waals surface area contributed by atoms with Crippen molar-refractivity contribution in [3.05, 3.63) is 70.4 Å². The van der Waals surface area contributed by atoms with Crippen LogP contribution in [0.1, 0.15) is 17.2 Å². The van der Waals surface area contributed by atoms with Crippen LogP contribution in [0.5, 0.6) is 0 Å². The van der Waals surface area contributed by atoms with Gasteiger partial charge in [-0.05, 0) is 28.5 Å². The number of thiophene rings is 1. The molecule has 1 unspecified atom stereocenters. The topological polar surface area (TPSA) is 26.0 Å². The van der Waals surface area contributed by atoms with Crippen LogP contribution in [-0.4, -0.2) is 0 Å². The monoisotopic (exact) mass is 293 g/mol. The molecule has 5 heteroatoms. The van der Waals surface area contributed by atoms with Gasteiger partial charge < -0.3 is 5.73 Å². The van der Waals surface area contributed by atoms with Crippen LogP contribution < -0.4 is 5.73 Å². The lowest BCUT2D eigenvalue weighted by atomic mass is 9.98. The smallest absolute Gasteiger partial charge is 0.194 e.